The number of nitrogens with zero attached hydrogens (tertiary/aromatic N) is 7. The van der Waals surface area contributed by atoms with Crippen LogP contribution in [0.5, 0.6) is 17.2 Å². The van der Waals surface area contributed by atoms with Crippen molar-refractivity contribution >= 4 is 42.9 Å². The Kier molecular flexibility index (Phi) is 11.8. The number of imidazole rings is 1. The molecule has 330 valence electrons. The van der Waals surface area contributed by atoms with Gasteiger partial charge in [0.25, 0.3) is 5.91 Å². The third kappa shape index (κ3) is 8.42. The van der Waals surface area contributed by atoms with Gasteiger partial charge in [0.15, 0.2) is 15.7 Å². The first-order chi connectivity index (χ1) is 30.7. The molecule has 0 spiro atoms. The lowest BCUT2D eigenvalue weighted by Gasteiger charge is -2.37. The van der Waals surface area contributed by atoms with Crippen LogP contribution in [0.3, 0.4) is 0 Å². The van der Waals surface area contributed by atoms with Gasteiger partial charge in [-0.15, -0.1) is 10.2 Å². The Hall–Kier alpha value is -7.36. The van der Waals surface area contributed by atoms with E-state index in [9.17, 15) is 23.1 Å². The van der Waals surface area contributed by atoms with Gasteiger partial charge < -0.3 is 34.9 Å². The van der Waals surface area contributed by atoms with E-state index in [-0.39, 0.29) is 53.5 Å². The number of primary amides is 1. The molecule has 19 nitrogen and oxygen atoms in total. The van der Waals surface area contributed by atoms with E-state index in [4.69, 9.17) is 19.9 Å². The van der Waals surface area contributed by atoms with Crippen molar-refractivity contribution in [2.45, 2.75) is 34.7 Å². The third-order valence-corrected chi connectivity index (χ3v) is 15.0. The normalized spacial score (nSPS) is 13.2. The van der Waals surface area contributed by atoms with Gasteiger partial charge in [-0.2, -0.15) is 9.10 Å². The molecule has 64 heavy (non-hydrogen) atoms. The Balaban J connectivity index is 1.40. The summed E-state index contributed by atoms with van der Waals surface area (Å²) >= 11 is 0. The van der Waals surface area contributed by atoms with E-state index in [1.807, 2.05) is 0 Å². The van der Waals surface area contributed by atoms with Crippen molar-refractivity contribution in [3.8, 4) is 39.8 Å². The minimum absolute atomic E-state index is 0.0808. The van der Waals surface area contributed by atoms with Crippen molar-refractivity contribution in [2.75, 3.05) is 34.4 Å². The minimum atomic E-state index is -4.99. The van der Waals surface area contributed by atoms with E-state index >= 15 is 8.42 Å². The van der Waals surface area contributed by atoms with Gasteiger partial charge in [-0.25, -0.2) is 26.6 Å². The van der Waals surface area contributed by atoms with E-state index in [1.54, 1.807) is 91.0 Å². The maximum Gasteiger partial charge on any atom is 0.407 e. The van der Waals surface area contributed by atoms with Gasteiger partial charge in [-0.1, -0.05) is 54.6 Å². The molecule has 2 amide bonds. The van der Waals surface area contributed by atoms with Crippen LogP contribution in [0, 0.1) is 0 Å². The largest absolute Gasteiger partial charge is 0.497 e. The Morgan fingerprint density at radius 3 is 1.88 bits per heavy atom. The third-order valence-electron chi connectivity index (χ3n) is 10.8. The maximum absolute atomic E-state index is 16.0. The number of aromatic amines is 1. The fourth-order valence-corrected chi connectivity index (χ4v) is 11.4. The zero-order valence-electron chi connectivity index (χ0n) is 34.6. The molecule has 1 aliphatic rings. The zero-order valence-corrected chi connectivity index (χ0v) is 36.2. The predicted molar refractivity (Wildman–Crippen MR) is 232 cm³/mol. The summed E-state index contributed by atoms with van der Waals surface area (Å²) in [6.07, 6.45) is -1.32. The number of carbonyl (C=O) groups is 2. The molecule has 0 radical (unpaired) electrons. The number of nitrogens with two attached hydrogens (primary N) is 1. The van der Waals surface area contributed by atoms with Crippen molar-refractivity contribution in [3.63, 3.8) is 0 Å². The van der Waals surface area contributed by atoms with Crippen LogP contribution < -0.4 is 19.9 Å². The molecule has 8 rings (SSSR count). The summed E-state index contributed by atoms with van der Waals surface area (Å²) in [6.45, 7) is -1.20. The predicted octanol–water partition coefficient (Wildman–Crippen LogP) is 4.58. The second-order valence-electron chi connectivity index (χ2n) is 14.8. The first-order valence-electron chi connectivity index (χ1n) is 19.5. The van der Waals surface area contributed by atoms with Crippen molar-refractivity contribution < 1.29 is 45.7 Å². The van der Waals surface area contributed by atoms with Crippen LogP contribution in [0.4, 0.5) is 4.79 Å². The number of hydrogen-bond donors (Lipinski definition) is 3. The second-order valence-corrected chi connectivity index (χ2v) is 18.9. The van der Waals surface area contributed by atoms with E-state index in [0.29, 0.717) is 33.9 Å². The van der Waals surface area contributed by atoms with Gasteiger partial charge in [0, 0.05) is 31.7 Å². The Labute approximate surface area is 367 Å². The monoisotopic (exact) mass is 907 g/mol. The molecule has 5 aromatic carbocycles. The van der Waals surface area contributed by atoms with Crippen molar-refractivity contribution in [3.05, 3.63) is 126 Å². The Morgan fingerprint density at radius 1 is 0.781 bits per heavy atom. The average Bonchev–Trinajstić information content (AvgIpc) is 3.93. The number of methoxy groups -OCH3 is 3. The number of ether oxygens (including phenoxy) is 3. The highest BCUT2D eigenvalue weighted by molar-refractivity contribution is 7.94. The highest BCUT2D eigenvalue weighted by atomic mass is 32.2. The highest BCUT2D eigenvalue weighted by Crippen LogP contribution is 2.44. The summed E-state index contributed by atoms with van der Waals surface area (Å²) in [5, 5.41) is 21.7. The van der Waals surface area contributed by atoms with Crippen molar-refractivity contribution in [1.29, 1.82) is 0 Å². The quantitative estimate of drug-likeness (QED) is 0.120. The number of rotatable bonds is 16. The number of carbonyl (C=O) groups excluding carboxylic acids is 1. The molecular formula is C43H41N9O10S2. The molecule has 1 fully saturated rings. The number of hydrogen-bond acceptors (Lipinski definition) is 13. The molecule has 4 N–H and O–H groups in total. The summed E-state index contributed by atoms with van der Waals surface area (Å²) in [5.41, 5.74) is 8.20. The molecule has 3 heterocycles. The SMILES string of the molecule is COc1ccc(CN(Cc2ccc(OC)cc2)S(=O)(=O)c2c(S(=O)(=O)C3CN(C(=O)O)C3)ccc(-c3cccc4[nH]c(C(N)=O)nc34)c2-c2nnn(Cc3ccc(OC)cc3)n2)cc1. The van der Waals surface area contributed by atoms with Crippen LogP contribution in [0.1, 0.15) is 27.3 Å². The molecule has 1 saturated heterocycles. The van der Waals surface area contributed by atoms with Gasteiger partial charge in [-0.05, 0) is 76.0 Å². The number of fused-ring (bicyclic) bond motifs is 1. The van der Waals surface area contributed by atoms with Crippen LogP contribution in [0.15, 0.2) is 113 Å². The lowest BCUT2D eigenvalue weighted by atomic mass is 9.98. The molecule has 7 aromatic rings. The fourth-order valence-electron chi connectivity index (χ4n) is 7.36. The van der Waals surface area contributed by atoms with Crippen molar-refractivity contribution in [1.82, 2.24) is 39.4 Å². The number of likely N-dealkylation sites (tertiary alicyclic amines) is 1. The van der Waals surface area contributed by atoms with E-state index in [1.165, 1.54) is 38.3 Å². The maximum atomic E-state index is 16.0. The summed E-state index contributed by atoms with van der Waals surface area (Å²) in [5.74, 6) is 0.409. The molecule has 0 atom stereocenters. The number of benzene rings is 5. The van der Waals surface area contributed by atoms with Crippen LogP contribution in [-0.2, 0) is 39.5 Å². The molecule has 1 aliphatic heterocycles. The molecular weight excluding hydrogens is 867 g/mol. The van der Waals surface area contributed by atoms with Crippen LogP contribution in [0.2, 0.25) is 0 Å². The molecule has 21 heteroatoms. The molecule has 0 aliphatic carbocycles. The Morgan fingerprint density at radius 2 is 1.34 bits per heavy atom. The second kappa shape index (κ2) is 17.4. The Bertz CT molecular complexity index is 3050. The zero-order chi connectivity index (χ0) is 45.3. The fraction of sp³-hybridized carbons (Fsp3) is 0.209. The first kappa shape index (κ1) is 43.3. The van der Waals surface area contributed by atoms with Crippen LogP contribution in [0.25, 0.3) is 33.5 Å². The number of H-pyrrole nitrogens is 1. The van der Waals surface area contributed by atoms with E-state index in [0.717, 1.165) is 14.8 Å². The number of para-hydroxylation sites is 1. The van der Waals surface area contributed by atoms with Crippen molar-refractivity contribution in [2.24, 2.45) is 5.73 Å². The highest BCUT2D eigenvalue weighted by Gasteiger charge is 2.45. The topological polar surface area (TPSA) is 255 Å². The summed E-state index contributed by atoms with van der Waals surface area (Å²) in [4.78, 5) is 32.4. The first-order valence-corrected chi connectivity index (χ1v) is 22.5. The smallest absolute Gasteiger partial charge is 0.407 e. The van der Waals surface area contributed by atoms with E-state index < -0.39 is 60.0 Å². The van der Waals surface area contributed by atoms with Gasteiger partial charge in [0.1, 0.15) is 27.4 Å². The summed E-state index contributed by atoms with van der Waals surface area (Å²) in [7, 11) is -5.07. The summed E-state index contributed by atoms with van der Waals surface area (Å²) < 4.78 is 78.8. The van der Waals surface area contributed by atoms with Crippen LogP contribution in [-0.4, -0.2) is 113 Å². The number of carboxylic acid groups (broad SMARTS) is 1. The average molecular weight is 908 g/mol. The number of sulfone groups is 1. The number of amides is 2. The number of nitrogens with one attached hydrogen (secondary N) is 1. The van der Waals surface area contributed by atoms with Gasteiger partial charge in [0.2, 0.25) is 15.8 Å². The minimum Gasteiger partial charge on any atom is -0.497 e. The molecule has 0 saturated carbocycles. The van der Waals surface area contributed by atoms with Crippen LogP contribution >= 0.6 is 0 Å². The molecule has 2 aromatic heterocycles. The molecule has 0 bridgehead atoms. The van der Waals surface area contributed by atoms with Gasteiger partial charge in [0.05, 0.1) is 49.4 Å². The molecule has 0 unspecified atom stereocenters. The number of aromatic nitrogens is 6. The van der Waals surface area contributed by atoms with Gasteiger partial charge in [-0.3, -0.25) is 4.79 Å². The number of sulfonamides is 1. The number of tetrazole rings is 1. The lowest BCUT2D eigenvalue weighted by Crippen LogP contribution is -2.56. The summed E-state index contributed by atoms with van der Waals surface area (Å²) in [6, 6.07) is 28.1. The standard InChI is InChI=1S/C43H41N9O10S2/c1-60-29-13-7-26(8-14-29)21-51(22-27-9-15-30(61-2)16-10-27)64(58,59)39-36(63(56,57)32-24-50(25-32)43(54)55)20-19-33(34-5-4-6-35-38(34)46-42(45-35)40(44)53)37(39)41-47-49-52(48-41)23-28-11-17-31(62-3)18-12-28/h4-20,32H,21-25H2,1-3H3,(H2,44,53)(H,45,46)(H,54,55). The van der Waals surface area contributed by atoms with E-state index in [2.05, 4.69) is 25.4 Å². The lowest BCUT2D eigenvalue weighted by molar-refractivity contribution is 0.0991. The van der Waals surface area contributed by atoms with Gasteiger partial charge >= 0.3 is 6.09 Å².